The molecule has 1 aliphatic rings. The van der Waals surface area contributed by atoms with Crippen molar-refractivity contribution in [3.8, 4) is 0 Å². The summed E-state index contributed by atoms with van der Waals surface area (Å²) in [5.74, 6) is -1.31. The molecule has 1 saturated carbocycles. The van der Waals surface area contributed by atoms with Crippen molar-refractivity contribution < 1.29 is 23.8 Å². The minimum absolute atomic E-state index is 0.123. The Labute approximate surface area is 108 Å². The van der Waals surface area contributed by atoms with E-state index in [1.807, 2.05) is 13.8 Å². The number of carbonyl (C=O) groups excluding carboxylic acids is 2. The molecule has 0 saturated heterocycles. The van der Waals surface area contributed by atoms with Crippen molar-refractivity contribution in [3.05, 3.63) is 0 Å². The van der Waals surface area contributed by atoms with E-state index in [2.05, 4.69) is 0 Å². The molecule has 0 N–H and O–H groups in total. The van der Waals surface area contributed by atoms with Gasteiger partial charge in [-0.1, -0.05) is 6.42 Å². The fourth-order valence-corrected chi connectivity index (χ4v) is 2.21. The van der Waals surface area contributed by atoms with Crippen molar-refractivity contribution in [1.82, 2.24) is 0 Å². The van der Waals surface area contributed by atoms with Crippen LogP contribution in [0.3, 0.4) is 0 Å². The maximum atomic E-state index is 11.8. The van der Waals surface area contributed by atoms with Gasteiger partial charge in [-0.3, -0.25) is 9.59 Å². The van der Waals surface area contributed by atoms with E-state index >= 15 is 0 Å². The summed E-state index contributed by atoms with van der Waals surface area (Å²) >= 11 is 0. The zero-order chi connectivity index (χ0) is 13.5. The minimum Gasteiger partial charge on any atom is -0.469 e. The second-order valence-electron chi connectivity index (χ2n) is 4.75. The van der Waals surface area contributed by atoms with Gasteiger partial charge in [-0.15, -0.1) is 0 Å². The Morgan fingerprint density at radius 1 is 1.11 bits per heavy atom. The molecule has 18 heavy (non-hydrogen) atoms. The third kappa shape index (κ3) is 4.29. The highest BCUT2D eigenvalue weighted by molar-refractivity contribution is 5.82. The lowest BCUT2D eigenvalue weighted by Gasteiger charge is -2.16. The summed E-state index contributed by atoms with van der Waals surface area (Å²) in [4.78, 5) is 23.3. The minimum atomic E-state index is -0.350. The number of esters is 2. The smallest absolute Gasteiger partial charge is 0.309 e. The zero-order valence-electron chi connectivity index (χ0n) is 11.3. The predicted octanol–water partition coefficient (Wildman–Crippen LogP) is 1.54. The van der Waals surface area contributed by atoms with Gasteiger partial charge in [-0.2, -0.15) is 0 Å². The number of hydrogen-bond donors (Lipinski definition) is 0. The first-order valence-electron chi connectivity index (χ1n) is 6.42. The highest BCUT2D eigenvalue weighted by atomic mass is 16.6. The quantitative estimate of drug-likeness (QED) is 0.534. The van der Waals surface area contributed by atoms with Gasteiger partial charge < -0.3 is 14.2 Å². The van der Waals surface area contributed by atoms with Gasteiger partial charge in [-0.25, -0.2) is 0 Å². The van der Waals surface area contributed by atoms with Gasteiger partial charge >= 0.3 is 11.9 Å². The van der Waals surface area contributed by atoms with E-state index in [1.165, 1.54) is 7.11 Å². The largest absolute Gasteiger partial charge is 0.469 e. The van der Waals surface area contributed by atoms with E-state index in [-0.39, 0.29) is 36.5 Å². The fraction of sp³-hybridized carbons (Fsp3) is 0.846. The molecule has 2 atom stereocenters. The van der Waals surface area contributed by atoms with Gasteiger partial charge in [0.15, 0.2) is 0 Å². The molecule has 0 aromatic rings. The zero-order valence-corrected chi connectivity index (χ0v) is 11.3. The summed E-state index contributed by atoms with van der Waals surface area (Å²) in [6.45, 7) is 4.47. The molecule has 0 radical (unpaired) electrons. The second-order valence-corrected chi connectivity index (χ2v) is 4.75. The van der Waals surface area contributed by atoms with Crippen LogP contribution in [0.15, 0.2) is 0 Å². The van der Waals surface area contributed by atoms with Crippen molar-refractivity contribution in [2.45, 2.75) is 39.2 Å². The Kier molecular flexibility index (Phi) is 6.12. The van der Waals surface area contributed by atoms with Gasteiger partial charge in [0, 0.05) is 0 Å². The summed E-state index contributed by atoms with van der Waals surface area (Å²) in [6.07, 6.45) is 2.39. The first-order valence-corrected chi connectivity index (χ1v) is 6.42. The average Bonchev–Trinajstić information content (AvgIpc) is 2.82. The molecular weight excluding hydrogens is 236 g/mol. The molecule has 0 amide bonds. The van der Waals surface area contributed by atoms with Crippen molar-refractivity contribution in [2.75, 3.05) is 20.3 Å². The van der Waals surface area contributed by atoms with Crippen LogP contribution in [-0.2, 0) is 23.8 Å². The average molecular weight is 258 g/mol. The SMILES string of the molecule is COC(=O)[C@H]1CCC[C@H]1C(=O)OCCOC(C)C. The van der Waals surface area contributed by atoms with Crippen LogP contribution >= 0.6 is 0 Å². The van der Waals surface area contributed by atoms with Crippen LogP contribution in [0.5, 0.6) is 0 Å². The van der Waals surface area contributed by atoms with Crippen molar-refractivity contribution >= 4 is 11.9 Å². The van der Waals surface area contributed by atoms with Crippen LogP contribution < -0.4 is 0 Å². The maximum Gasteiger partial charge on any atom is 0.309 e. The van der Waals surface area contributed by atoms with Crippen molar-refractivity contribution in [2.24, 2.45) is 11.8 Å². The summed E-state index contributed by atoms with van der Waals surface area (Å²) in [6, 6.07) is 0. The van der Waals surface area contributed by atoms with E-state index in [0.717, 1.165) is 6.42 Å². The van der Waals surface area contributed by atoms with Crippen LogP contribution in [0.2, 0.25) is 0 Å². The Balaban J connectivity index is 2.34. The highest BCUT2D eigenvalue weighted by Gasteiger charge is 2.39. The molecule has 0 aliphatic heterocycles. The van der Waals surface area contributed by atoms with Crippen molar-refractivity contribution in [1.29, 1.82) is 0 Å². The van der Waals surface area contributed by atoms with Crippen molar-refractivity contribution in [3.63, 3.8) is 0 Å². The number of methoxy groups -OCH3 is 1. The molecule has 1 aliphatic carbocycles. The molecule has 5 heteroatoms. The Morgan fingerprint density at radius 3 is 2.28 bits per heavy atom. The van der Waals surface area contributed by atoms with E-state index in [1.54, 1.807) is 0 Å². The first-order chi connectivity index (χ1) is 8.56. The van der Waals surface area contributed by atoms with Gasteiger partial charge in [0.2, 0.25) is 0 Å². The predicted molar refractivity (Wildman–Crippen MR) is 64.9 cm³/mol. The summed E-state index contributed by atoms with van der Waals surface area (Å²) in [5.41, 5.74) is 0. The lowest BCUT2D eigenvalue weighted by molar-refractivity contribution is -0.159. The second kappa shape index (κ2) is 7.36. The molecule has 0 unspecified atom stereocenters. The van der Waals surface area contributed by atoms with Gasteiger partial charge in [0.05, 0.1) is 31.7 Å². The van der Waals surface area contributed by atoms with E-state index in [9.17, 15) is 9.59 Å². The normalized spacial score (nSPS) is 23.1. The molecule has 0 bridgehead atoms. The van der Waals surface area contributed by atoms with Gasteiger partial charge in [0.25, 0.3) is 0 Å². The monoisotopic (exact) mass is 258 g/mol. The summed E-state index contributed by atoms with van der Waals surface area (Å²) in [7, 11) is 1.35. The topological polar surface area (TPSA) is 61.8 Å². The van der Waals surface area contributed by atoms with Crippen LogP contribution in [-0.4, -0.2) is 38.4 Å². The standard InChI is InChI=1S/C13H22O5/c1-9(2)17-7-8-18-13(15)11-6-4-5-10(11)12(14)16-3/h9-11H,4-8H2,1-3H3/t10-,11+/m0/s1. The summed E-state index contributed by atoms with van der Waals surface area (Å²) < 4.78 is 15.1. The molecule has 0 aromatic heterocycles. The lowest BCUT2D eigenvalue weighted by atomic mass is 9.96. The van der Waals surface area contributed by atoms with Crippen LogP contribution in [0.4, 0.5) is 0 Å². The van der Waals surface area contributed by atoms with E-state index in [0.29, 0.717) is 19.4 Å². The molecule has 1 fully saturated rings. The molecule has 0 aromatic carbocycles. The Morgan fingerprint density at radius 2 is 1.72 bits per heavy atom. The lowest BCUT2D eigenvalue weighted by Crippen LogP contribution is -2.28. The molecular formula is C13H22O5. The number of hydrogen-bond acceptors (Lipinski definition) is 5. The molecule has 5 nitrogen and oxygen atoms in total. The maximum absolute atomic E-state index is 11.8. The Bertz CT molecular complexity index is 287. The molecule has 0 heterocycles. The number of carbonyl (C=O) groups is 2. The fourth-order valence-electron chi connectivity index (χ4n) is 2.21. The summed E-state index contributed by atoms with van der Waals surface area (Å²) in [5, 5.41) is 0. The third-order valence-corrected chi connectivity index (χ3v) is 3.10. The van der Waals surface area contributed by atoms with Crippen LogP contribution in [0.25, 0.3) is 0 Å². The molecule has 1 rings (SSSR count). The van der Waals surface area contributed by atoms with E-state index in [4.69, 9.17) is 14.2 Å². The van der Waals surface area contributed by atoms with Gasteiger partial charge in [0.1, 0.15) is 6.61 Å². The number of rotatable bonds is 6. The van der Waals surface area contributed by atoms with Crippen LogP contribution in [0.1, 0.15) is 33.1 Å². The number of ether oxygens (including phenoxy) is 3. The first kappa shape index (κ1) is 15.0. The van der Waals surface area contributed by atoms with Gasteiger partial charge in [-0.05, 0) is 26.7 Å². The van der Waals surface area contributed by atoms with E-state index < -0.39 is 0 Å². The molecule has 0 spiro atoms. The van der Waals surface area contributed by atoms with Crippen LogP contribution in [0, 0.1) is 11.8 Å². The molecule has 104 valence electrons. The highest BCUT2D eigenvalue weighted by Crippen LogP contribution is 2.33. The Hall–Kier alpha value is -1.10. The third-order valence-electron chi connectivity index (χ3n) is 3.10.